The quantitative estimate of drug-likeness (QED) is 0.301. The Kier molecular flexibility index (Phi) is 8.03. The molecule has 156 valence electrons. The molecule has 0 amide bonds. The number of hydrogen-bond acceptors (Lipinski definition) is 0. The average molecular weight is 413 g/mol. The first kappa shape index (κ1) is 22.3. The molecule has 0 bridgehead atoms. The third-order valence-corrected chi connectivity index (χ3v) is 5.01. The summed E-state index contributed by atoms with van der Waals surface area (Å²) in [7, 11) is 0. The van der Waals surface area contributed by atoms with E-state index in [4.69, 9.17) is 0 Å². The van der Waals surface area contributed by atoms with Gasteiger partial charge in [-0.05, 0) is 48.7 Å². The van der Waals surface area contributed by atoms with E-state index in [-0.39, 0.29) is 5.56 Å². The van der Waals surface area contributed by atoms with Gasteiger partial charge in [-0.1, -0.05) is 79.5 Å². The number of aryl methyl sites for hydroxylation is 1. The van der Waals surface area contributed by atoms with Crippen molar-refractivity contribution in [2.24, 2.45) is 0 Å². The van der Waals surface area contributed by atoms with Gasteiger partial charge in [0.25, 0.3) is 0 Å². The lowest BCUT2D eigenvalue weighted by Crippen LogP contribution is -1.92. The van der Waals surface area contributed by atoms with Crippen molar-refractivity contribution in [2.75, 3.05) is 0 Å². The molecule has 0 radical (unpaired) electrons. The second kappa shape index (κ2) is 11.1. The summed E-state index contributed by atoms with van der Waals surface area (Å²) in [6.45, 7) is 4.12. The van der Waals surface area contributed by atoms with Crippen LogP contribution < -0.4 is 0 Å². The molecule has 0 unspecified atom stereocenters. The molecule has 3 aromatic carbocycles. The minimum absolute atomic E-state index is 0.0225. The zero-order valence-electron chi connectivity index (χ0n) is 18.1. The minimum atomic E-state index is -0.610. The van der Waals surface area contributed by atoms with E-state index in [2.05, 4.69) is 30.6 Å². The molecule has 0 nitrogen and oxygen atoms in total. The van der Waals surface area contributed by atoms with Crippen molar-refractivity contribution in [3.05, 3.63) is 94.6 Å². The van der Waals surface area contributed by atoms with Crippen LogP contribution in [0.1, 0.15) is 54.9 Å². The molecule has 3 aromatic rings. The SMILES string of the molecule is CCCCCC#CCc1ccc(C#Cc2cc(F)c(-c3ccc(C)cc3)c(F)c2)cc1. The molecule has 31 heavy (non-hydrogen) atoms. The molecule has 0 fully saturated rings. The molecule has 2 heteroatoms. The van der Waals surface area contributed by atoms with Gasteiger partial charge in [0.1, 0.15) is 11.6 Å². The number of rotatable bonds is 5. The number of benzene rings is 3. The van der Waals surface area contributed by atoms with Crippen LogP contribution in [-0.4, -0.2) is 0 Å². The number of unbranched alkanes of at least 4 members (excludes halogenated alkanes) is 3. The summed E-state index contributed by atoms with van der Waals surface area (Å²) in [5, 5.41) is 0. The molecule has 0 aliphatic heterocycles. The summed E-state index contributed by atoms with van der Waals surface area (Å²) in [6.07, 6.45) is 5.26. The Morgan fingerprint density at radius 3 is 2.03 bits per heavy atom. The highest BCUT2D eigenvalue weighted by Gasteiger charge is 2.12. The smallest absolute Gasteiger partial charge is 0.135 e. The maximum absolute atomic E-state index is 14.6. The summed E-state index contributed by atoms with van der Waals surface area (Å²) in [4.78, 5) is 0. The molecule has 0 aliphatic carbocycles. The van der Waals surface area contributed by atoms with E-state index in [1.165, 1.54) is 25.0 Å². The van der Waals surface area contributed by atoms with Crippen LogP contribution in [0.15, 0.2) is 60.7 Å². The summed E-state index contributed by atoms with van der Waals surface area (Å²) in [6, 6.07) is 17.5. The van der Waals surface area contributed by atoms with Crippen molar-refractivity contribution < 1.29 is 8.78 Å². The van der Waals surface area contributed by atoms with Crippen LogP contribution in [0.4, 0.5) is 8.78 Å². The molecule has 0 atom stereocenters. The Morgan fingerprint density at radius 2 is 1.39 bits per heavy atom. The van der Waals surface area contributed by atoms with Gasteiger partial charge in [-0.3, -0.25) is 0 Å². The molecule has 0 N–H and O–H groups in total. The first-order valence-electron chi connectivity index (χ1n) is 10.7. The molecule has 0 aliphatic rings. The van der Waals surface area contributed by atoms with Gasteiger partial charge in [-0.2, -0.15) is 0 Å². The van der Waals surface area contributed by atoms with E-state index < -0.39 is 11.6 Å². The topological polar surface area (TPSA) is 0 Å². The maximum atomic E-state index is 14.6. The summed E-state index contributed by atoms with van der Waals surface area (Å²) >= 11 is 0. The van der Waals surface area contributed by atoms with Crippen molar-refractivity contribution in [1.29, 1.82) is 0 Å². The van der Waals surface area contributed by atoms with Gasteiger partial charge in [-0.25, -0.2) is 8.78 Å². The standard InChI is InChI=1S/C29H26F2/c1-3-4-5-6-7-8-9-23-12-14-24(15-13-23)16-17-25-20-27(30)29(28(31)21-25)26-18-10-22(2)11-19-26/h10-15,18-21H,3-6,9H2,1-2H3. The van der Waals surface area contributed by atoms with Gasteiger partial charge in [0, 0.05) is 24.0 Å². The molecule has 3 rings (SSSR count). The Bertz CT molecular complexity index is 1110. The molecular weight excluding hydrogens is 386 g/mol. The molecule has 0 heterocycles. The predicted octanol–water partition coefficient (Wildman–Crippen LogP) is 7.47. The fourth-order valence-corrected chi connectivity index (χ4v) is 3.21. The predicted molar refractivity (Wildman–Crippen MR) is 125 cm³/mol. The van der Waals surface area contributed by atoms with Gasteiger partial charge in [0.15, 0.2) is 0 Å². The van der Waals surface area contributed by atoms with Gasteiger partial charge in [-0.15, -0.1) is 5.92 Å². The molecule has 0 saturated carbocycles. The van der Waals surface area contributed by atoms with Crippen molar-refractivity contribution in [2.45, 2.75) is 46.0 Å². The maximum Gasteiger partial charge on any atom is 0.135 e. The Hall–Kier alpha value is -3.36. The number of halogens is 2. The molecule has 0 saturated heterocycles. The van der Waals surface area contributed by atoms with Crippen molar-refractivity contribution in [3.63, 3.8) is 0 Å². The van der Waals surface area contributed by atoms with Crippen LogP contribution in [0.25, 0.3) is 11.1 Å². The van der Waals surface area contributed by atoms with Gasteiger partial charge >= 0.3 is 0 Å². The first-order chi connectivity index (χ1) is 15.1. The lowest BCUT2D eigenvalue weighted by Gasteiger charge is -2.06. The van der Waals surface area contributed by atoms with E-state index in [0.29, 0.717) is 11.1 Å². The van der Waals surface area contributed by atoms with E-state index >= 15 is 0 Å². The van der Waals surface area contributed by atoms with Crippen molar-refractivity contribution in [3.8, 4) is 34.8 Å². The fourth-order valence-electron chi connectivity index (χ4n) is 3.21. The molecular formula is C29H26F2. The molecule has 0 spiro atoms. The zero-order chi connectivity index (χ0) is 22.1. The highest BCUT2D eigenvalue weighted by molar-refractivity contribution is 5.66. The average Bonchev–Trinajstić information content (AvgIpc) is 2.76. The van der Waals surface area contributed by atoms with E-state index in [1.54, 1.807) is 12.1 Å². The Labute approximate surface area is 184 Å². The molecule has 0 aromatic heterocycles. The lowest BCUT2D eigenvalue weighted by molar-refractivity contribution is 0.589. The fraction of sp³-hybridized carbons (Fsp3) is 0.241. The van der Waals surface area contributed by atoms with E-state index in [0.717, 1.165) is 36.0 Å². The van der Waals surface area contributed by atoms with Crippen LogP contribution >= 0.6 is 0 Å². The van der Waals surface area contributed by atoms with Crippen molar-refractivity contribution in [1.82, 2.24) is 0 Å². The summed E-state index contributed by atoms with van der Waals surface area (Å²) in [5.41, 5.74) is 3.77. The third kappa shape index (κ3) is 6.56. The van der Waals surface area contributed by atoms with Crippen LogP contribution in [0, 0.1) is 42.2 Å². The van der Waals surface area contributed by atoms with Crippen LogP contribution in [0.2, 0.25) is 0 Å². The second-order valence-electron chi connectivity index (χ2n) is 7.62. The largest absolute Gasteiger partial charge is 0.206 e. The van der Waals surface area contributed by atoms with E-state index in [9.17, 15) is 8.78 Å². The minimum Gasteiger partial charge on any atom is -0.206 e. The summed E-state index contributed by atoms with van der Waals surface area (Å²) < 4.78 is 29.1. The van der Waals surface area contributed by atoms with Crippen molar-refractivity contribution >= 4 is 0 Å². The van der Waals surface area contributed by atoms with Crippen LogP contribution in [-0.2, 0) is 6.42 Å². The normalized spacial score (nSPS) is 10.1. The third-order valence-electron chi connectivity index (χ3n) is 5.01. The Morgan fingerprint density at radius 1 is 0.742 bits per heavy atom. The monoisotopic (exact) mass is 412 g/mol. The number of hydrogen-bond donors (Lipinski definition) is 0. The summed E-state index contributed by atoms with van der Waals surface area (Å²) in [5.74, 6) is 11.0. The first-order valence-corrected chi connectivity index (χ1v) is 10.7. The zero-order valence-corrected chi connectivity index (χ0v) is 18.1. The van der Waals surface area contributed by atoms with Gasteiger partial charge < -0.3 is 0 Å². The van der Waals surface area contributed by atoms with Gasteiger partial charge in [0.2, 0.25) is 0 Å². The lowest BCUT2D eigenvalue weighted by atomic mass is 10.0. The Balaban J connectivity index is 1.68. The highest BCUT2D eigenvalue weighted by atomic mass is 19.1. The highest BCUT2D eigenvalue weighted by Crippen LogP contribution is 2.27. The van der Waals surface area contributed by atoms with Gasteiger partial charge in [0.05, 0.1) is 5.56 Å². The van der Waals surface area contributed by atoms with E-state index in [1.807, 2.05) is 43.3 Å². The second-order valence-corrected chi connectivity index (χ2v) is 7.62. The van der Waals surface area contributed by atoms with Crippen LogP contribution in [0.5, 0.6) is 0 Å². The van der Waals surface area contributed by atoms with Crippen LogP contribution in [0.3, 0.4) is 0 Å².